The highest BCUT2D eigenvalue weighted by molar-refractivity contribution is 6.01. The van der Waals surface area contributed by atoms with Gasteiger partial charge < -0.3 is 9.57 Å². The summed E-state index contributed by atoms with van der Waals surface area (Å²) in [6, 6.07) is 6.37. The summed E-state index contributed by atoms with van der Waals surface area (Å²) in [5, 5.41) is 0.497. The number of aldehydes is 1. The van der Waals surface area contributed by atoms with Crippen LogP contribution in [-0.4, -0.2) is 48.1 Å². The first-order valence-corrected chi connectivity index (χ1v) is 8.24. The lowest BCUT2D eigenvalue weighted by atomic mass is 10.1. The molecule has 0 aliphatic carbocycles. The van der Waals surface area contributed by atoms with Gasteiger partial charge in [0.2, 0.25) is 0 Å². The van der Waals surface area contributed by atoms with Crippen molar-refractivity contribution in [3.8, 4) is 0 Å². The van der Waals surface area contributed by atoms with E-state index in [1.807, 2.05) is 0 Å². The summed E-state index contributed by atoms with van der Waals surface area (Å²) in [7, 11) is 0. The second kappa shape index (κ2) is 9.57. The van der Waals surface area contributed by atoms with Gasteiger partial charge in [0, 0.05) is 37.0 Å². The van der Waals surface area contributed by atoms with Crippen LogP contribution in [0.2, 0.25) is 0 Å². The van der Waals surface area contributed by atoms with E-state index in [9.17, 15) is 24.0 Å². The number of hydroxylamine groups is 2. The van der Waals surface area contributed by atoms with Gasteiger partial charge in [-0.2, -0.15) is 0 Å². The predicted octanol–water partition coefficient (Wildman–Crippen LogP) is 1.48. The van der Waals surface area contributed by atoms with Crippen molar-refractivity contribution in [1.29, 1.82) is 0 Å². The Balaban J connectivity index is 1.58. The van der Waals surface area contributed by atoms with Crippen LogP contribution in [0.25, 0.3) is 0 Å². The number of ketones is 1. The van der Waals surface area contributed by atoms with Gasteiger partial charge in [-0.15, -0.1) is 5.06 Å². The van der Waals surface area contributed by atoms with Crippen molar-refractivity contribution in [3.05, 3.63) is 35.4 Å². The molecule has 8 heteroatoms. The molecule has 0 aromatic heterocycles. The number of nitrogens with zero attached hydrogens (tertiary/aromatic N) is 1. The van der Waals surface area contributed by atoms with Crippen LogP contribution in [0.5, 0.6) is 0 Å². The van der Waals surface area contributed by atoms with Crippen molar-refractivity contribution in [2.24, 2.45) is 0 Å². The van der Waals surface area contributed by atoms with E-state index in [1.165, 1.54) is 0 Å². The molecule has 1 fully saturated rings. The van der Waals surface area contributed by atoms with Gasteiger partial charge in [0.25, 0.3) is 11.8 Å². The van der Waals surface area contributed by atoms with Crippen LogP contribution in [0.4, 0.5) is 0 Å². The third-order valence-electron chi connectivity index (χ3n) is 3.71. The number of hydrogen-bond acceptors (Lipinski definition) is 7. The minimum absolute atomic E-state index is 0.0501. The minimum Gasteiger partial charge on any atom is -0.381 e. The number of rotatable bonds is 10. The fourth-order valence-corrected chi connectivity index (χ4v) is 2.29. The smallest absolute Gasteiger partial charge is 0.335 e. The first kappa shape index (κ1) is 19.5. The molecular formula is C18H19NO7. The van der Waals surface area contributed by atoms with Crippen LogP contribution in [0.1, 0.15) is 52.8 Å². The molecule has 1 aromatic rings. The third kappa shape index (κ3) is 5.59. The van der Waals surface area contributed by atoms with E-state index in [2.05, 4.69) is 0 Å². The maximum absolute atomic E-state index is 12.0. The summed E-state index contributed by atoms with van der Waals surface area (Å²) in [5.74, 6) is -1.83. The molecule has 2 rings (SSSR count). The van der Waals surface area contributed by atoms with Gasteiger partial charge >= 0.3 is 5.97 Å². The van der Waals surface area contributed by atoms with Crippen molar-refractivity contribution in [2.45, 2.75) is 32.1 Å². The molecule has 2 amide bonds. The zero-order valence-corrected chi connectivity index (χ0v) is 14.1. The topological polar surface area (TPSA) is 107 Å². The summed E-state index contributed by atoms with van der Waals surface area (Å²) in [4.78, 5) is 61.4. The van der Waals surface area contributed by atoms with Crippen molar-refractivity contribution >= 4 is 29.9 Å². The number of carbonyl (C=O) groups is 5. The number of hydrogen-bond donors (Lipinski definition) is 0. The van der Waals surface area contributed by atoms with Crippen LogP contribution < -0.4 is 0 Å². The van der Waals surface area contributed by atoms with Gasteiger partial charge in [-0.1, -0.05) is 24.3 Å². The summed E-state index contributed by atoms with van der Waals surface area (Å²) in [5.41, 5.74) is 1.04. The Hall–Kier alpha value is -2.87. The van der Waals surface area contributed by atoms with Crippen LogP contribution >= 0.6 is 0 Å². The molecule has 0 radical (unpaired) electrons. The summed E-state index contributed by atoms with van der Waals surface area (Å²) < 4.78 is 5.26. The number of imide groups is 1. The van der Waals surface area contributed by atoms with E-state index in [0.717, 1.165) is 0 Å². The van der Waals surface area contributed by atoms with Crippen LogP contribution in [-0.2, 0) is 24.0 Å². The van der Waals surface area contributed by atoms with Gasteiger partial charge in [-0.05, 0) is 6.42 Å². The SMILES string of the molecule is O=Cc1ccc(C(=O)CCCOCCC(=O)ON2C(=O)CCC2=O)cc1. The van der Waals surface area contributed by atoms with Crippen molar-refractivity contribution in [2.75, 3.05) is 13.2 Å². The minimum atomic E-state index is -0.722. The van der Waals surface area contributed by atoms with Crippen LogP contribution in [0, 0.1) is 0 Å². The standard InChI is InChI=1S/C18H19NO7/c20-12-13-3-5-14(6-4-13)15(21)2-1-10-25-11-9-18(24)26-19-16(22)7-8-17(19)23/h3-6,12H,1-2,7-11H2. The van der Waals surface area contributed by atoms with Crippen LogP contribution in [0.3, 0.4) is 0 Å². The number of ether oxygens (including phenoxy) is 1. The van der Waals surface area contributed by atoms with E-state index in [0.29, 0.717) is 28.9 Å². The Morgan fingerprint density at radius 2 is 1.65 bits per heavy atom. The van der Waals surface area contributed by atoms with Crippen molar-refractivity contribution in [3.63, 3.8) is 0 Å². The zero-order valence-electron chi connectivity index (χ0n) is 14.1. The molecule has 138 valence electrons. The molecule has 1 aromatic carbocycles. The molecule has 0 saturated carbocycles. The van der Waals surface area contributed by atoms with Gasteiger partial charge in [0.15, 0.2) is 5.78 Å². The highest BCUT2D eigenvalue weighted by atomic mass is 16.7. The molecular weight excluding hydrogens is 342 g/mol. The average molecular weight is 361 g/mol. The Kier molecular flexibility index (Phi) is 7.16. The van der Waals surface area contributed by atoms with Gasteiger partial charge in [0.1, 0.15) is 6.29 Å². The molecule has 0 spiro atoms. The van der Waals surface area contributed by atoms with Crippen molar-refractivity contribution in [1.82, 2.24) is 5.06 Å². The lowest BCUT2D eigenvalue weighted by Crippen LogP contribution is -2.32. The van der Waals surface area contributed by atoms with E-state index in [1.54, 1.807) is 24.3 Å². The summed E-state index contributed by atoms with van der Waals surface area (Å²) in [6.45, 7) is 0.351. The fraction of sp³-hybridized carbons (Fsp3) is 0.389. The van der Waals surface area contributed by atoms with E-state index >= 15 is 0 Å². The van der Waals surface area contributed by atoms with E-state index in [4.69, 9.17) is 9.57 Å². The van der Waals surface area contributed by atoms with Crippen LogP contribution in [0.15, 0.2) is 24.3 Å². The number of benzene rings is 1. The molecule has 8 nitrogen and oxygen atoms in total. The molecule has 26 heavy (non-hydrogen) atoms. The predicted molar refractivity (Wildman–Crippen MR) is 88.0 cm³/mol. The molecule has 0 N–H and O–H groups in total. The van der Waals surface area contributed by atoms with E-state index < -0.39 is 17.8 Å². The number of carbonyl (C=O) groups excluding carboxylic acids is 5. The number of amides is 2. The zero-order chi connectivity index (χ0) is 18.9. The van der Waals surface area contributed by atoms with Gasteiger partial charge in [0.05, 0.1) is 13.0 Å². The van der Waals surface area contributed by atoms with Gasteiger partial charge in [-0.25, -0.2) is 4.79 Å². The normalized spacial score (nSPS) is 13.8. The average Bonchev–Trinajstić information content (AvgIpc) is 2.96. The third-order valence-corrected chi connectivity index (χ3v) is 3.71. The fourth-order valence-electron chi connectivity index (χ4n) is 2.29. The maximum atomic E-state index is 12.0. The monoisotopic (exact) mass is 361 g/mol. The summed E-state index contributed by atoms with van der Waals surface area (Å²) in [6.07, 6.45) is 1.47. The van der Waals surface area contributed by atoms with Crippen molar-refractivity contribution < 1.29 is 33.5 Å². The Bertz CT molecular complexity index is 680. The summed E-state index contributed by atoms with van der Waals surface area (Å²) >= 11 is 0. The molecule has 1 aliphatic rings. The maximum Gasteiger partial charge on any atom is 0.335 e. The lowest BCUT2D eigenvalue weighted by Gasteiger charge is -2.12. The molecule has 0 unspecified atom stereocenters. The lowest BCUT2D eigenvalue weighted by molar-refractivity contribution is -0.198. The Morgan fingerprint density at radius 1 is 1.00 bits per heavy atom. The largest absolute Gasteiger partial charge is 0.381 e. The highest BCUT2D eigenvalue weighted by Gasteiger charge is 2.32. The molecule has 1 saturated heterocycles. The quantitative estimate of drug-likeness (QED) is 0.269. The first-order chi connectivity index (χ1) is 12.5. The second-order valence-corrected chi connectivity index (χ2v) is 5.67. The molecule has 0 bridgehead atoms. The van der Waals surface area contributed by atoms with E-state index in [-0.39, 0.29) is 44.7 Å². The Labute approximate surface area is 150 Å². The number of Topliss-reactive ketones (excluding diaryl/α,β-unsaturated/α-hetero) is 1. The first-order valence-electron chi connectivity index (χ1n) is 8.24. The Morgan fingerprint density at radius 3 is 2.27 bits per heavy atom. The highest BCUT2D eigenvalue weighted by Crippen LogP contribution is 2.12. The molecule has 0 atom stereocenters. The second-order valence-electron chi connectivity index (χ2n) is 5.67. The molecule has 1 aliphatic heterocycles. The van der Waals surface area contributed by atoms with Gasteiger partial charge in [-0.3, -0.25) is 19.2 Å². The molecule has 1 heterocycles.